The molecule has 144 valence electrons. The molecule has 3 aromatic rings. The number of carbonyl (C=O) groups is 1. The molecule has 1 aromatic heterocycles. The topological polar surface area (TPSA) is 66.1 Å². The van der Waals surface area contributed by atoms with Gasteiger partial charge >= 0.3 is 6.09 Å². The number of rotatable bonds is 3. The lowest BCUT2D eigenvalue weighted by Crippen LogP contribution is -2.54. The number of anilines is 1. The molecule has 5 rings (SSSR count). The lowest BCUT2D eigenvalue weighted by Gasteiger charge is -2.47. The zero-order chi connectivity index (χ0) is 19.1. The van der Waals surface area contributed by atoms with Gasteiger partial charge in [0.15, 0.2) is 0 Å². The molecule has 2 heterocycles. The summed E-state index contributed by atoms with van der Waals surface area (Å²) >= 11 is 0. The van der Waals surface area contributed by atoms with Gasteiger partial charge in [-0.3, -0.25) is 5.32 Å². The van der Waals surface area contributed by atoms with E-state index in [1.807, 2.05) is 30.3 Å². The van der Waals surface area contributed by atoms with Crippen LogP contribution in [0.15, 0.2) is 48.5 Å². The fourth-order valence-electron chi connectivity index (χ4n) is 4.62. The van der Waals surface area contributed by atoms with Crippen molar-refractivity contribution in [2.75, 3.05) is 11.9 Å². The van der Waals surface area contributed by atoms with Crippen molar-refractivity contribution in [1.29, 1.82) is 0 Å². The molecule has 0 saturated heterocycles. The van der Waals surface area contributed by atoms with Crippen molar-refractivity contribution in [3.63, 3.8) is 0 Å². The minimum Gasteiger partial charge on any atom is -0.441 e. The summed E-state index contributed by atoms with van der Waals surface area (Å²) in [4.78, 5) is 16.2. The zero-order valence-corrected chi connectivity index (χ0v) is 16.0. The Morgan fingerprint density at radius 2 is 2.00 bits per heavy atom. The van der Waals surface area contributed by atoms with Crippen LogP contribution in [0.4, 0.5) is 10.5 Å². The number of carbonyl (C=O) groups excluding carboxylic acids is 1. The molecule has 28 heavy (non-hydrogen) atoms. The number of hydrogen-bond donors (Lipinski definition) is 3. The second kappa shape index (κ2) is 6.67. The standard InChI is InChI=1S/C23H25N3O2/c1-15-8-9-19-18(14-15)17-10-13-24-21(20(17)26-19)23(11-5-12-23)28-22(27)25-16-6-3-2-4-7-16/h2-4,6-9,14,21,24,26H,5,10-13H2,1H3,(H,25,27). The first kappa shape index (κ1) is 17.3. The monoisotopic (exact) mass is 375 g/mol. The summed E-state index contributed by atoms with van der Waals surface area (Å²) in [6.45, 7) is 3.02. The highest BCUT2D eigenvalue weighted by molar-refractivity contribution is 5.86. The maximum absolute atomic E-state index is 12.6. The number of fused-ring (bicyclic) bond motifs is 3. The molecule has 1 unspecified atom stereocenters. The molecule has 1 atom stereocenters. The highest BCUT2D eigenvalue weighted by atomic mass is 16.6. The number of aryl methyl sites for hydroxylation is 1. The Morgan fingerprint density at radius 3 is 2.75 bits per heavy atom. The van der Waals surface area contributed by atoms with Gasteiger partial charge in [-0.1, -0.05) is 29.8 Å². The summed E-state index contributed by atoms with van der Waals surface area (Å²) in [6, 6.07) is 16.0. The molecule has 1 amide bonds. The minimum atomic E-state index is -0.496. The van der Waals surface area contributed by atoms with E-state index >= 15 is 0 Å². The van der Waals surface area contributed by atoms with E-state index in [9.17, 15) is 4.79 Å². The van der Waals surface area contributed by atoms with Gasteiger partial charge in [0, 0.05) is 28.8 Å². The van der Waals surface area contributed by atoms with Gasteiger partial charge in [-0.05, 0) is 62.4 Å². The fourth-order valence-corrected chi connectivity index (χ4v) is 4.62. The minimum absolute atomic E-state index is 0.000713. The number of aromatic amines is 1. The lowest BCUT2D eigenvalue weighted by atomic mass is 9.71. The van der Waals surface area contributed by atoms with Crippen LogP contribution < -0.4 is 10.6 Å². The highest BCUT2D eigenvalue weighted by Gasteiger charge is 2.50. The van der Waals surface area contributed by atoms with E-state index in [2.05, 4.69) is 40.7 Å². The first-order chi connectivity index (χ1) is 13.6. The lowest BCUT2D eigenvalue weighted by molar-refractivity contribution is -0.0731. The molecule has 0 spiro atoms. The van der Waals surface area contributed by atoms with E-state index in [1.54, 1.807) is 0 Å². The summed E-state index contributed by atoms with van der Waals surface area (Å²) < 4.78 is 6.06. The van der Waals surface area contributed by atoms with Crippen LogP contribution >= 0.6 is 0 Å². The maximum atomic E-state index is 12.6. The van der Waals surface area contributed by atoms with Gasteiger partial charge in [0.05, 0.1) is 6.04 Å². The Balaban J connectivity index is 1.45. The Labute approximate surface area is 164 Å². The van der Waals surface area contributed by atoms with Gasteiger partial charge in [-0.2, -0.15) is 0 Å². The highest BCUT2D eigenvalue weighted by Crippen LogP contribution is 2.48. The van der Waals surface area contributed by atoms with Crippen LogP contribution in [0.25, 0.3) is 10.9 Å². The molecule has 5 heteroatoms. The van der Waals surface area contributed by atoms with Gasteiger partial charge in [0.25, 0.3) is 0 Å². The quantitative estimate of drug-likeness (QED) is 0.614. The number of nitrogens with one attached hydrogen (secondary N) is 3. The summed E-state index contributed by atoms with van der Waals surface area (Å²) in [5, 5.41) is 7.79. The normalized spacial score (nSPS) is 20.2. The Bertz CT molecular complexity index is 1020. The van der Waals surface area contributed by atoms with Gasteiger partial charge in [0.2, 0.25) is 0 Å². The van der Waals surface area contributed by atoms with E-state index in [-0.39, 0.29) is 12.1 Å². The number of aromatic nitrogens is 1. The summed E-state index contributed by atoms with van der Waals surface area (Å²) in [5.74, 6) is 0. The molecule has 1 aliphatic carbocycles. The molecule has 1 saturated carbocycles. The molecule has 0 bridgehead atoms. The number of hydrogen-bond acceptors (Lipinski definition) is 3. The van der Waals surface area contributed by atoms with E-state index < -0.39 is 5.60 Å². The van der Waals surface area contributed by atoms with Crippen molar-refractivity contribution >= 4 is 22.7 Å². The second-order valence-corrected chi connectivity index (χ2v) is 8.00. The third-order valence-corrected chi connectivity index (χ3v) is 6.15. The SMILES string of the molecule is Cc1ccc2[nH]c3c(c2c1)CCNC3C1(OC(=O)Nc2ccccc2)CCC1. The molecular formula is C23H25N3O2. The predicted octanol–water partition coefficient (Wildman–Crippen LogP) is 4.83. The average molecular weight is 375 g/mol. The molecule has 0 radical (unpaired) electrons. The first-order valence-corrected chi connectivity index (χ1v) is 10.0. The largest absolute Gasteiger partial charge is 0.441 e. The van der Waals surface area contributed by atoms with Crippen LogP contribution in [0.5, 0.6) is 0 Å². The predicted molar refractivity (Wildman–Crippen MR) is 111 cm³/mol. The van der Waals surface area contributed by atoms with Crippen LogP contribution in [0.3, 0.4) is 0 Å². The van der Waals surface area contributed by atoms with Crippen LogP contribution in [-0.2, 0) is 11.2 Å². The van der Waals surface area contributed by atoms with E-state index in [4.69, 9.17) is 4.74 Å². The molecule has 2 aliphatic rings. The number of benzene rings is 2. The summed E-state index contributed by atoms with van der Waals surface area (Å²) in [6.07, 6.45) is 3.43. The van der Waals surface area contributed by atoms with Crippen molar-refractivity contribution < 1.29 is 9.53 Å². The van der Waals surface area contributed by atoms with E-state index in [0.29, 0.717) is 0 Å². The summed E-state index contributed by atoms with van der Waals surface area (Å²) in [7, 11) is 0. The molecular weight excluding hydrogens is 350 g/mol. The van der Waals surface area contributed by atoms with E-state index in [1.165, 1.54) is 22.2 Å². The molecule has 1 fully saturated rings. The smallest absolute Gasteiger partial charge is 0.412 e. The number of para-hydroxylation sites is 1. The zero-order valence-electron chi connectivity index (χ0n) is 16.0. The van der Waals surface area contributed by atoms with Gasteiger partial charge in [-0.15, -0.1) is 0 Å². The van der Waals surface area contributed by atoms with Crippen LogP contribution in [0.1, 0.15) is 42.1 Å². The Hall–Kier alpha value is -2.79. The van der Waals surface area contributed by atoms with Crippen LogP contribution in [-0.4, -0.2) is 23.2 Å². The van der Waals surface area contributed by atoms with Crippen molar-refractivity contribution in [1.82, 2.24) is 10.3 Å². The molecule has 3 N–H and O–H groups in total. The van der Waals surface area contributed by atoms with Crippen molar-refractivity contribution in [3.8, 4) is 0 Å². The second-order valence-electron chi connectivity index (χ2n) is 8.00. The van der Waals surface area contributed by atoms with Gasteiger partial charge < -0.3 is 15.0 Å². The third kappa shape index (κ3) is 2.87. The van der Waals surface area contributed by atoms with Crippen LogP contribution in [0, 0.1) is 6.92 Å². The van der Waals surface area contributed by atoms with Crippen LogP contribution in [0.2, 0.25) is 0 Å². The van der Waals surface area contributed by atoms with Gasteiger partial charge in [0.1, 0.15) is 5.60 Å². The van der Waals surface area contributed by atoms with Crippen molar-refractivity contribution in [2.24, 2.45) is 0 Å². The summed E-state index contributed by atoms with van der Waals surface area (Å²) in [5.41, 5.74) is 5.22. The molecule has 5 nitrogen and oxygen atoms in total. The fraction of sp³-hybridized carbons (Fsp3) is 0.348. The van der Waals surface area contributed by atoms with Gasteiger partial charge in [-0.25, -0.2) is 4.79 Å². The number of amides is 1. The van der Waals surface area contributed by atoms with E-state index in [0.717, 1.165) is 43.4 Å². The number of ether oxygens (including phenoxy) is 1. The molecule has 2 aromatic carbocycles. The Morgan fingerprint density at radius 1 is 1.18 bits per heavy atom. The average Bonchev–Trinajstić information content (AvgIpc) is 3.04. The van der Waals surface area contributed by atoms with Crippen molar-refractivity contribution in [3.05, 3.63) is 65.4 Å². The number of H-pyrrole nitrogens is 1. The maximum Gasteiger partial charge on any atom is 0.412 e. The van der Waals surface area contributed by atoms with Crippen molar-refractivity contribution in [2.45, 2.75) is 44.2 Å². The first-order valence-electron chi connectivity index (χ1n) is 10.0. The third-order valence-electron chi connectivity index (χ3n) is 6.15. The Kier molecular flexibility index (Phi) is 4.13. The molecule has 1 aliphatic heterocycles.